The lowest BCUT2D eigenvalue weighted by molar-refractivity contribution is 0.137. The second-order valence-corrected chi connectivity index (χ2v) is 3.78. The van der Waals surface area contributed by atoms with Gasteiger partial charge in [0.25, 0.3) is 0 Å². The van der Waals surface area contributed by atoms with Gasteiger partial charge in [-0.25, -0.2) is 0 Å². The number of ether oxygens (including phenoxy) is 4. The summed E-state index contributed by atoms with van der Waals surface area (Å²) in [5.74, 6) is 0. The lowest BCUT2D eigenvalue weighted by Crippen LogP contribution is -2.01. The second-order valence-electron chi connectivity index (χ2n) is 3.78. The Morgan fingerprint density at radius 3 is 2.33 bits per heavy atom. The molecular formula is C11H18O4. The van der Waals surface area contributed by atoms with Crippen molar-refractivity contribution in [2.24, 2.45) is 0 Å². The van der Waals surface area contributed by atoms with E-state index >= 15 is 0 Å². The lowest BCUT2D eigenvalue weighted by atomic mass is 10.3. The Morgan fingerprint density at radius 1 is 1.00 bits per heavy atom. The van der Waals surface area contributed by atoms with E-state index in [4.69, 9.17) is 18.9 Å². The van der Waals surface area contributed by atoms with Crippen LogP contribution in [-0.2, 0) is 18.9 Å². The van der Waals surface area contributed by atoms with Gasteiger partial charge in [0.05, 0.1) is 39.1 Å². The molecule has 4 heteroatoms. The minimum absolute atomic E-state index is 0.355. The first-order valence-electron chi connectivity index (χ1n) is 5.49. The normalized spacial score (nSPS) is 28.5. The summed E-state index contributed by atoms with van der Waals surface area (Å²) in [7, 11) is 0. The fourth-order valence-corrected chi connectivity index (χ4v) is 1.17. The Balaban J connectivity index is 1.31. The van der Waals surface area contributed by atoms with Gasteiger partial charge in [-0.15, -0.1) is 0 Å². The number of hydrogen-bond acceptors (Lipinski definition) is 4. The van der Waals surface area contributed by atoms with Gasteiger partial charge in [-0.3, -0.25) is 0 Å². The van der Waals surface area contributed by atoms with Crippen LogP contribution in [0.15, 0.2) is 12.2 Å². The van der Waals surface area contributed by atoms with Gasteiger partial charge in [0.2, 0.25) is 0 Å². The van der Waals surface area contributed by atoms with Crippen molar-refractivity contribution in [2.45, 2.75) is 18.6 Å². The maximum absolute atomic E-state index is 5.38. The Bertz CT molecular complexity index is 197. The molecule has 0 N–H and O–H groups in total. The van der Waals surface area contributed by atoms with Crippen molar-refractivity contribution in [1.82, 2.24) is 0 Å². The zero-order valence-electron chi connectivity index (χ0n) is 8.89. The number of epoxide rings is 2. The molecule has 0 aromatic carbocycles. The third-order valence-electron chi connectivity index (χ3n) is 2.29. The van der Waals surface area contributed by atoms with E-state index in [0.717, 1.165) is 26.2 Å². The van der Waals surface area contributed by atoms with E-state index in [9.17, 15) is 0 Å². The summed E-state index contributed by atoms with van der Waals surface area (Å²) in [6.07, 6.45) is 5.81. The van der Waals surface area contributed by atoms with E-state index < -0.39 is 0 Å². The van der Waals surface area contributed by atoms with Crippen LogP contribution in [0.4, 0.5) is 0 Å². The highest BCUT2D eigenvalue weighted by Crippen LogP contribution is 2.12. The van der Waals surface area contributed by atoms with Crippen molar-refractivity contribution in [3.63, 3.8) is 0 Å². The maximum atomic E-state index is 5.38. The Kier molecular flexibility index (Phi) is 4.60. The van der Waals surface area contributed by atoms with E-state index in [2.05, 4.69) is 0 Å². The minimum atomic E-state index is 0.355. The first kappa shape index (κ1) is 11.1. The van der Waals surface area contributed by atoms with Crippen molar-refractivity contribution < 1.29 is 18.9 Å². The molecule has 0 amide bonds. The molecule has 2 unspecified atom stereocenters. The fraction of sp³-hybridized carbons (Fsp3) is 0.818. The lowest BCUT2D eigenvalue weighted by Gasteiger charge is -1.98. The van der Waals surface area contributed by atoms with E-state index in [-0.39, 0.29) is 0 Å². The quantitative estimate of drug-likeness (QED) is 0.323. The highest BCUT2D eigenvalue weighted by molar-refractivity contribution is 4.81. The van der Waals surface area contributed by atoms with Gasteiger partial charge in [-0.2, -0.15) is 0 Å². The van der Waals surface area contributed by atoms with Crippen LogP contribution >= 0.6 is 0 Å². The van der Waals surface area contributed by atoms with Crippen LogP contribution in [0.5, 0.6) is 0 Å². The molecule has 0 saturated carbocycles. The van der Waals surface area contributed by atoms with E-state index in [1.54, 1.807) is 0 Å². The summed E-state index contributed by atoms with van der Waals surface area (Å²) in [5, 5.41) is 0. The van der Waals surface area contributed by atoms with Crippen LogP contribution in [0.25, 0.3) is 0 Å². The monoisotopic (exact) mass is 214 g/mol. The van der Waals surface area contributed by atoms with Gasteiger partial charge in [-0.1, -0.05) is 12.2 Å². The van der Waals surface area contributed by atoms with Gasteiger partial charge in [0.15, 0.2) is 0 Å². The molecular weight excluding hydrogens is 196 g/mol. The van der Waals surface area contributed by atoms with Crippen molar-refractivity contribution in [3.05, 3.63) is 12.2 Å². The summed E-state index contributed by atoms with van der Waals surface area (Å²) < 4.78 is 20.8. The van der Waals surface area contributed by atoms with Crippen LogP contribution in [0.3, 0.4) is 0 Å². The van der Waals surface area contributed by atoms with Crippen molar-refractivity contribution in [3.8, 4) is 0 Å². The summed E-state index contributed by atoms with van der Waals surface area (Å²) in [6.45, 7) is 4.58. The molecule has 4 nitrogen and oxygen atoms in total. The number of hydrogen-bond donors (Lipinski definition) is 0. The van der Waals surface area contributed by atoms with Crippen LogP contribution in [0.2, 0.25) is 0 Å². The van der Waals surface area contributed by atoms with E-state index in [1.807, 2.05) is 12.2 Å². The summed E-state index contributed by atoms with van der Waals surface area (Å²) in [5.41, 5.74) is 0. The highest BCUT2D eigenvalue weighted by atomic mass is 16.6. The molecule has 86 valence electrons. The molecule has 0 spiro atoms. The maximum Gasteiger partial charge on any atom is 0.104 e. The predicted molar refractivity (Wildman–Crippen MR) is 54.9 cm³/mol. The van der Waals surface area contributed by atoms with Crippen LogP contribution in [-0.4, -0.2) is 51.8 Å². The topological polar surface area (TPSA) is 43.5 Å². The molecule has 2 rings (SSSR count). The van der Waals surface area contributed by atoms with Gasteiger partial charge < -0.3 is 18.9 Å². The van der Waals surface area contributed by atoms with Crippen LogP contribution in [0, 0.1) is 0 Å². The second kappa shape index (κ2) is 6.23. The Labute approximate surface area is 90.1 Å². The molecule has 15 heavy (non-hydrogen) atoms. The first-order chi connectivity index (χ1) is 7.45. The molecule has 0 bridgehead atoms. The van der Waals surface area contributed by atoms with Gasteiger partial charge in [0.1, 0.15) is 6.10 Å². The van der Waals surface area contributed by atoms with Gasteiger partial charge >= 0.3 is 0 Å². The predicted octanol–water partition coefficient (Wildman–Crippen LogP) is 0.764. The van der Waals surface area contributed by atoms with Crippen LogP contribution < -0.4 is 0 Å². The molecule has 2 atom stereocenters. The van der Waals surface area contributed by atoms with Gasteiger partial charge in [-0.05, 0) is 6.42 Å². The molecule has 0 aliphatic carbocycles. The van der Waals surface area contributed by atoms with Crippen molar-refractivity contribution in [1.29, 1.82) is 0 Å². The average Bonchev–Trinajstić information content (AvgIpc) is 3.10. The third kappa shape index (κ3) is 5.89. The molecule has 0 aromatic rings. The van der Waals surface area contributed by atoms with E-state index in [1.165, 1.54) is 0 Å². The first-order valence-corrected chi connectivity index (χ1v) is 5.49. The highest BCUT2D eigenvalue weighted by Gasteiger charge is 2.22. The molecule has 2 saturated heterocycles. The summed E-state index contributed by atoms with van der Waals surface area (Å²) >= 11 is 0. The zero-order chi connectivity index (χ0) is 10.3. The standard InChI is InChI=1S/C11H18O4/c1(2-5-13-7-11-9-15-11)4-12-6-3-10-8-14-10/h1-2,10-11H,3-9H2/b2-1-. The smallest absolute Gasteiger partial charge is 0.104 e. The van der Waals surface area contributed by atoms with Crippen LogP contribution in [0.1, 0.15) is 6.42 Å². The Morgan fingerprint density at radius 2 is 1.67 bits per heavy atom. The van der Waals surface area contributed by atoms with Crippen molar-refractivity contribution in [2.75, 3.05) is 39.6 Å². The van der Waals surface area contributed by atoms with Gasteiger partial charge in [0, 0.05) is 6.61 Å². The Hall–Kier alpha value is -0.420. The zero-order valence-corrected chi connectivity index (χ0v) is 8.89. The molecule has 2 aliphatic heterocycles. The summed E-state index contributed by atoms with van der Waals surface area (Å²) in [4.78, 5) is 0. The van der Waals surface area contributed by atoms with E-state index in [0.29, 0.717) is 32.0 Å². The largest absolute Gasteiger partial charge is 0.377 e. The third-order valence-corrected chi connectivity index (χ3v) is 2.29. The molecule has 0 radical (unpaired) electrons. The average molecular weight is 214 g/mol. The molecule has 2 aliphatic rings. The van der Waals surface area contributed by atoms with Crippen molar-refractivity contribution >= 4 is 0 Å². The minimum Gasteiger partial charge on any atom is -0.377 e. The summed E-state index contributed by atoms with van der Waals surface area (Å²) in [6, 6.07) is 0. The molecule has 0 aromatic heterocycles. The SMILES string of the molecule is C(=C/COCC1CO1)/COCCC1CO1. The molecule has 2 heterocycles. The fourth-order valence-electron chi connectivity index (χ4n) is 1.17. The number of rotatable bonds is 9. The molecule has 2 fully saturated rings.